The lowest BCUT2D eigenvalue weighted by Crippen LogP contribution is -2.07. The minimum atomic E-state index is 0.649. The Hall–Kier alpha value is -1.48. The highest BCUT2D eigenvalue weighted by molar-refractivity contribution is 6.35. The van der Waals surface area contributed by atoms with Crippen molar-refractivity contribution in [3.05, 3.63) is 68.7 Å². The molecule has 0 unspecified atom stereocenters. The molecule has 5 heteroatoms. The third-order valence-corrected chi connectivity index (χ3v) is 4.52. The molecule has 0 spiro atoms. The monoisotopic (exact) mass is 364 g/mol. The van der Waals surface area contributed by atoms with E-state index in [9.17, 15) is 0 Å². The summed E-state index contributed by atoms with van der Waals surface area (Å²) in [6.07, 6.45) is 0.796. The van der Waals surface area contributed by atoms with Crippen molar-refractivity contribution in [3.8, 4) is 0 Å². The fourth-order valence-corrected chi connectivity index (χ4v) is 3.19. The molecular weight excluding hydrogens is 351 g/mol. The van der Waals surface area contributed by atoms with Crippen molar-refractivity contribution in [1.82, 2.24) is 4.98 Å². The van der Waals surface area contributed by atoms with Crippen LogP contribution in [0.15, 0.2) is 42.5 Å². The van der Waals surface area contributed by atoms with E-state index < -0.39 is 0 Å². The molecule has 0 saturated heterocycles. The van der Waals surface area contributed by atoms with Gasteiger partial charge in [0.25, 0.3) is 0 Å². The van der Waals surface area contributed by atoms with Crippen LogP contribution < -0.4 is 5.32 Å². The van der Waals surface area contributed by atoms with Crippen LogP contribution in [0.5, 0.6) is 0 Å². The van der Waals surface area contributed by atoms with Crippen molar-refractivity contribution in [1.29, 1.82) is 0 Å². The van der Waals surface area contributed by atoms with Gasteiger partial charge in [-0.2, -0.15) is 0 Å². The Kier molecular flexibility index (Phi) is 4.96. The average molecular weight is 366 g/mol. The number of fused-ring (bicyclic) bond motifs is 1. The SMILES string of the molecule is Cc1cc(NCCc2ccc(Cl)cc2Cl)nc2cc(Cl)ccc12. The van der Waals surface area contributed by atoms with E-state index in [0.29, 0.717) is 15.1 Å². The van der Waals surface area contributed by atoms with E-state index in [-0.39, 0.29) is 0 Å². The Morgan fingerprint density at radius 1 is 0.957 bits per heavy atom. The predicted molar refractivity (Wildman–Crippen MR) is 100 cm³/mol. The van der Waals surface area contributed by atoms with Gasteiger partial charge in [-0.15, -0.1) is 0 Å². The maximum atomic E-state index is 6.19. The minimum Gasteiger partial charge on any atom is -0.370 e. The van der Waals surface area contributed by atoms with Gasteiger partial charge < -0.3 is 5.32 Å². The second-order valence-corrected chi connectivity index (χ2v) is 6.68. The molecule has 1 heterocycles. The summed E-state index contributed by atoms with van der Waals surface area (Å²) >= 11 is 18.2. The van der Waals surface area contributed by atoms with Gasteiger partial charge in [-0.3, -0.25) is 0 Å². The van der Waals surface area contributed by atoms with Crippen LogP contribution in [0.4, 0.5) is 5.82 Å². The van der Waals surface area contributed by atoms with Crippen LogP contribution in [0, 0.1) is 6.92 Å². The molecule has 0 radical (unpaired) electrons. The Morgan fingerprint density at radius 3 is 2.48 bits per heavy atom. The smallest absolute Gasteiger partial charge is 0.126 e. The van der Waals surface area contributed by atoms with Gasteiger partial charge in [0.05, 0.1) is 5.52 Å². The number of pyridine rings is 1. The number of nitrogens with zero attached hydrogens (tertiary/aromatic N) is 1. The van der Waals surface area contributed by atoms with E-state index in [4.69, 9.17) is 34.8 Å². The van der Waals surface area contributed by atoms with Gasteiger partial charge in [0.1, 0.15) is 5.82 Å². The van der Waals surface area contributed by atoms with Crippen molar-refractivity contribution in [2.45, 2.75) is 13.3 Å². The number of rotatable bonds is 4. The molecule has 0 amide bonds. The predicted octanol–water partition coefficient (Wildman–Crippen LogP) is 6.16. The van der Waals surface area contributed by atoms with E-state index in [1.807, 2.05) is 36.4 Å². The quantitative estimate of drug-likeness (QED) is 0.599. The number of aryl methyl sites for hydroxylation is 1. The normalized spacial score (nSPS) is 11.0. The maximum Gasteiger partial charge on any atom is 0.126 e. The highest BCUT2D eigenvalue weighted by Gasteiger charge is 2.05. The third-order valence-electron chi connectivity index (χ3n) is 3.69. The highest BCUT2D eigenvalue weighted by Crippen LogP contribution is 2.24. The summed E-state index contributed by atoms with van der Waals surface area (Å²) in [7, 11) is 0. The van der Waals surface area contributed by atoms with Gasteiger partial charge in [0.15, 0.2) is 0 Å². The van der Waals surface area contributed by atoms with E-state index in [0.717, 1.165) is 35.2 Å². The largest absolute Gasteiger partial charge is 0.370 e. The zero-order valence-electron chi connectivity index (χ0n) is 12.5. The van der Waals surface area contributed by atoms with Crippen molar-refractivity contribution < 1.29 is 0 Å². The van der Waals surface area contributed by atoms with Gasteiger partial charge in [-0.05, 0) is 54.8 Å². The fraction of sp³-hybridized carbons (Fsp3) is 0.167. The van der Waals surface area contributed by atoms with Gasteiger partial charge in [-0.25, -0.2) is 4.98 Å². The second kappa shape index (κ2) is 6.96. The molecule has 2 aromatic carbocycles. The van der Waals surface area contributed by atoms with E-state index in [1.54, 1.807) is 6.07 Å². The molecular formula is C18H15Cl3N2. The van der Waals surface area contributed by atoms with E-state index >= 15 is 0 Å². The first-order chi connectivity index (χ1) is 11.0. The summed E-state index contributed by atoms with van der Waals surface area (Å²) < 4.78 is 0. The Bertz CT molecular complexity index is 862. The molecule has 0 atom stereocenters. The van der Waals surface area contributed by atoms with E-state index in [2.05, 4.69) is 17.2 Å². The first-order valence-electron chi connectivity index (χ1n) is 7.27. The van der Waals surface area contributed by atoms with Crippen molar-refractivity contribution in [3.63, 3.8) is 0 Å². The molecule has 0 aliphatic rings. The maximum absolute atomic E-state index is 6.19. The number of anilines is 1. The Balaban J connectivity index is 1.74. The third kappa shape index (κ3) is 3.89. The van der Waals surface area contributed by atoms with Crippen molar-refractivity contribution in [2.24, 2.45) is 0 Å². The second-order valence-electron chi connectivity index (χ2n) is 5.40. The number of benzene rings is 2. The van der Waals surface area contributed by atoms with Crippen LogP contribution >= 0.6 is 34.8 Å². The standard InChI is InChI=1S/C18H15Cl3N2/c1-11-8-18(23-17-10-14(20)4-5-15(11)17)22-7-6-12-2-3-13(19)9-16(12)21/h2-5,8-10H,6-7H2,1H3,(H,22,23). The molecule has 0 fully saturated rings. The fourth-order valence-electron chi connectivity index (χ4n) is 2.52. The van der Waals surface area contributed by atoms with Crippen molar-refractivity contribution in [2.75, 3.05) is 11.9 Å². The molecule has 1 aromatic heterocycles. The van der Waals surface area contributed by atoms with Crippen LogP contribution in [-0.4, -0.2) is 11.5 Å². The summed E-state index contributed by atoms with van der Waals surface area (Å²) in [6, 6.07) is 13.4. The average Bonchev–Trinajstić information content (AvgIpc) is 2.49. The first kappa shape index (κ1) is 16.4. The summed E-state index contributed by atoms with van der Waals surface area (Å²) in [5.74, 6) is 0.836. The molecule has 2 nitrogen and oxygen atoms in total. The molecule has 3 aromatic rings. The van der Waals surface area contributed by atoms with Crippen molar-refractivity contribution >= 4 is 51.5 Å². The summed E-state index contributed by atoms with van der Waals surface area (Å²) in [5, 5.41) is 6.48. The molecule has 0 aliphatic carbocycles. The molecule has 23 heavy (non-hydrogen) atoms. The molecule has 3 rings (SSSR count). The van der Waals surface area contributed by atoms with Crippen LogP contribution in [0.1, 0.15) is 11.1 Å². The molecule has 1 N–H and O–H groups in total. The van der Waals surface area contributed by atoms with Crippen LogP contribution in [-0.2, 0) is 6.42 Å². The number of halogens is 3. The topological polar surface area (TPSA) is 24.9 Å². The molecule has 0 saturated carbocycles. The van der Waals surface area contributed by atoms with Crippen LogP contribution in [0.3, 0.4) is 0 Å². The zero-order valence-corrected chi connectivity index (χ0v) is 14.8. The Labute approximate surface area is 150 Å². The van der Waals surface area contributed by atoms with Crippen LogP contribution in [0.25, 0.3) is 10.9 Å². The zero-order chi connectivity index (χ0) is 16.4. The number of nitrogens with one attached hydrogen (secondary N) is 1. The summed E-state index contributed by atoms with van der Waals surface area (Å²) in [4.78, 5) is 4.61. The van der Waals surface area contributed by atoms with Gasteiger partial charge >= 0.3 is 0 Å². The molecule has 0 aliphatic heterocycles. The molecule has 118 valence electrons. The van der Waals surface area contributed by atoms with Gasteiger partial charge in [-0.1, -0.05) is 46.9 Å². The lowest BCUT2D eigenvalue weighted by Gasteiger charge is -2.10. The lowest BCUT2D eigenvalue weighted by atomic mass is 10.1. The number of hydrogen-bond acceptors (Lipinski definition) is 2. The highest BCUT2D eigenvalue weighted by atomic mass is 35.5. The Morgan fingerprint density at radius 2 is 1.70 bits per heavy atom. The number of hydrogen-bond donors (Lipinski definition) is 1. The minimum absolute atomic E-state index is 0.649. The lowest BCUT2D eigenvalue weighted by molar-refractivity contribution is 1.01. The van der Waals surface area contributed by atoms with Gasteiger partial charge in [0, 0.05) is 27.0 Å². The van der Waals surface area contributed by atoms with Gasteiger partial charge in [0.2, 0.25) is 0 Å². The van der Waals surface area contributed by atoms with E-state index in [1.165, 1.54) is 5.56 Å². The number of aromatic nitrogens is 1. The molecule has 0 bridgehead atoms. The first-order valence-corrected chi connectivity index (χ1v) is 8.41. The summed E-state index contributed by atoms with van der Waals surface area (Å²) in [6.45, 7) is 2.80. The van der Waals surface area contributed by atoms with Crippen LogP contribution in [0.2, 0.25) is 15.1 Å². The summed E-state index contributed by atoms with van der Waals surface area (Å²) in [5.41, 5.74) is 3.12.